The largest absolute Gasteiger partial charge is 0.481 e. The number of nitrogens with one attached hydrogen (secondary N) is 1. The van der Waals surface area contributed by atoms with Gasteiger partial charge in [-0.2, -0.15) is 5.10 Å². The number of amides is 1. The number of carbonyl (C=O) groups excluding carboxylic acids is 1. The second-order valence-electron chi connectivity index (χ2n) is 5.37. The van der Waals surface area contributed by atoms with Crippen molar-refractivity contribution in [3.8, 4) is 0 Å². The van der Waals surface area contributed by atoms with Crippen molar-refractivity contribution in [2.75, 3.05) is 6.54 Å². The first-order valence-corrected chi connectivity index (χ1v) is 6.97. The molecule has 0 radical (unpaired) electrons. The molecule has 0 bridgehead atoms. The van der Waals surface area contributed by atoms with Gasteiger partial charge in [-0.05, 0) is 18.8 Å². The van der Waals surface area contributed by atoms with Crippen LogP contribution in [0.3, 0.4) is 0 Å². The van der Waals surface area contributed by atoms with Crippen LogP contribution in [-0.4, -0.2) is 33.3 Å². The van der Waals surface area contributed by atoms with E-state index in [2.05, 4.69) is 10.4 Å². The van der Waals surface area contributed by atoms with Gasteiger partial charge in [0, 0.05) is 19.3 Å². The van der Waals surface area contributed by atoms with Gasteiger partial charge in [0.2, 0.25) is 0 Å². The number of aryl methyl sites for hydroxylation is 1. The SMILES string of the molecule is CCCn1cc(C(=O)NCC(CC(C)C)C(=O)O)cn1. The van der Waals surface area contributed by atoms with Crippen molar-refractivity contribution in [3.63, 3.8) is 0 Å². The fourth-order valence-corrected chi connectivity index (χ4v) is 1.99. The molecule has 0 aliphatic carbocycles. The maximum absolute atomic E-state index is 11.9. The predicted molar refractivity (Wildman–Crippen MR) is 75.4 cm³/mol. The van der Waals surface area contributed by atoms with Crippen LogP contribution in [0.2, 0.25) is 0 Å². The summed E-state index contributed by atoms with van der Waals surface area (Å²) in [5, 5.41) is 15.9. The molecule has 0 aliphatic heterocycles. The number of hydrogen-bond donors (Lipinski definition) is 2. The maximum atomic E-state index is 11.9. The Kier molecular flexibility index (Phi) is 6.21. The third kappa shape index (κ3) is 5.03. The molecule has 20 heavy (non-hydrogen) atoms. The Balaban J connectivity index is 2.53. The molecule has 2 N–H and O–H groups in total. The molecule has 1 aromatic heterocycles. The Hall–Kier alpha value is -1.85. The van der Waals surface area contributed by atoms with Crippen LogP contribution in [0.1, 0.15) is 44.0 Å². The van der Waals surface area contributed by atoms with Gasteiger partial charge in [0.05, 0.1) is 17.7 Å². The van der Waals surface area contributed by atoms with E-state index in [1.807, 2.05) is 20.8 Å². The lowest BCUT2D eigenvalue weighted by Gasteiger charge is -2.14. The molecule has 0 aliphatic rings. The second-order valence-corrected chi connectivity index (χ2v) is 5.37. The van der Waals surface area contributed by atoms with Crippen LogP contribution in [0.25, 0.3) is 0 Å². The first-order valence-electron chi connectivity index (χ1n) is 6.97. The summed E-state index contributed by atoms with van der Waals surface area (Å²) in [6, 6.07) is 0. The Bertz CT molecular complexity index is 454. The monoisotopic (exact) mass is 281 g/mol. The molecule has 6 nitrogen and oxygen atoms in total. The molecular weight excluding hydrogens is 258 g/mol. The minimum Gasteiger partial charge on any atom is -0.481 e. The van der Waals surface area contributed by atoms with Crippen molar-refractivity contribution in [3.05, 3.63) is 18.0 Å². The highest BCUT2D eigenvalue weighted by atomic mass is 16.4. The van der Waals surface area contributed by atoms with E-state index in [0.717, 1.165) is 13.0 Å². The molecule has 0 spiro atoms. The van der Waals surface area contributed by atoms with Crippen LogP contribution < -0.4 is 5.32 Å². The summed E-state index contributed by atoms with van der Waals surface area (Å²) in [7, 11) is 0. The van der Waals surface area contributed by atoms with Crippen LogP contribution in [0.15, 0.2) is 12.4 Å². The zero-order valence-electron chi connectivity index (χ0n) is 12.3. The van der Waals surface area contributed by atoms with Crippen molar-refractivity contribution in [1.82, 2.24) is 15.1 Å². The second kappa shape index (κ2) is 7.67. The van der Waals surface area contributed by atoms with E-state index < -0.39 is 11.9 Å². The highest BCUT2D eigenvalue weighted by Gasteiger charge is 2.20. The summed E-state index contributed by atoms with van der Waals surface area (Å²) in [5.74, 6) is -1.42. The van der Waals surface area contributed by atoms with Crippen molar-refractivity contribution in [2.24, 2.45) is 11.8 Å². The van der Waals surface area contributed by atoms with E-state index in [1.54, 1.807) is 10.9 Å². The number of aromatic nitrogens is 2. The number of carbonyl (C=O) groups is 2. The van der Waals surface area contributed by atoms with Gasteiger partial charge in [0.15, 0.2) is 0 Å². The fourth-order valence-electron chi connectivity index (χ4n) is 1.99. The summed E-state index contributed by atoms with van der Waals surface area (Å²) in [4.78, 5) is 23.0. The molecule has 112 valence electrons. The Morgan fingerprint density at radius 3 is 2.70 bits per heavy atom. The quantitative estimate of drug-likeness (QED) is 0.760. The predicted octanol–water partition coefficient (Wildman–Crippen LogP) is 1.77. The van der Waals surface area contributed by atoms with E-state index in [0.29, 0.717) is 12.0 Å². The highest BCUT2D eigenvalue weighted by Crippen LogP contribution is 2.11. The molecule has 0 aromatic carbocycles. The molecule has 1 amide bonds. The van der Waals surface area contributed by atoms with Gasteiger partial charge in [-0.1, -0.05) is 20.8 Å². The van der Waals surface area contributed by atoms with Crippen molar-refractivity contribution >= 4 is 11.9 Å². The van der Waals surface area contributed by atoms with Crippen molar-refractivity contribution in [2.45, 2.75) is 40.2 Å². The summed E-state index contributed by atoms with van der Waals surface area (Å²) >= 11 is 0. The minimum atomic E-state index is -0.874. The first-order chi connectivity index (χ1) is 9.43. The van der Waals surface area contributed by atoms with E-state index >= 15 is 0 Å². The Morgan fingerprint density at radius 2 is 2.15 bits per heavy atom. The lowest BCUT2D eigenvalue weighted by molar-refractivity contribution is -0.142. The molecule has 0 saturated heterocycles. The van der Waals surface area contributed by atoms with Crippen LogP contribution in [0.5, 0.6) is 0 Å². The molecular formula is C14H23N3O3. The van der Waals surface area contributed by atoms with Gasteiger partial charge >= 0.3 is 5.97 Å². The molecule has 6 heteroatoms. The summed E-state index contributed by atoms with van der Waals surface area (Å²) in [5.41, 5.74) is 0.465. The molecule has 0 fully saturated rings. The van der Waals surface area contributed by atoms with Gasteiger partial charge in [-0.15, -0.1) is 0 Å². The summed E-state index contributed by atoms with van der Waals surface area (Å²) in [6.07, 6.45) is 4.67. The van der Waals surface area contributed by atoms with Gasteiger partial charge in [0.1, 0.15) is 0 Å². The van der Waals surface area contributed by atoms with Crippen LogP contribution in [-0.2, 0) is 11.3 Å². The van der Waals surface area contributed by atoms with Gasteiger partial charge < -0.3 is 10.4 Å². The van der Waals surface area contributed by atoms with Gasteiger partial charge in [0.25, 0.3) is 5.91 Å². The number of carboxylic acid groups (broad SMARTS) is 1. The standard InChI is InChI=1S/C14H23N3O3/c1-4-5-17-9-12(8-16-17)13(18)15-7-11(14(19)20)6-10(2)3/h8-11H,4-7H2,1-3H3,(H,15,18)(H,19,20). The zero-order chi connectivity index (χ0) is 15.1. The minimum absolute atomic E-state index is 0.144. The molecule has 0 saturated carbocycles. The highest BCUT2D eigenvalue weighted by molar-refractivity contribution is 5.93. The lowest BCUT2D eigenvalue weighted by atomic mass is 9.97. The lowest BCUT2D eigenvalue weighted by Crippen LogP contribution is -2.33. The number of aliphatic carboxylic acids is 1. The third-order valence-electron chi connectivity index (χ3n) is 2.96. The van der Waals surface area contributed by atoms with Crippen LogP contribution in [0.4, 0.5) is 0 Å². The van der Waals surface area contributed by atoms with Crippen LogP contribution >= 0.6 is 0 Å². The topological polar surface area (TPSA) is 84.2 Å². The number of nitrogens with zero attached hydrogens (tertiary/aromatic N) is 2. The van der Waals surface area contributed by atoms with E-state index in [4.69, 9.17) is 5.11 Å². The van der Waals surface area contributed by atoms with Crippen LogP contribution in [0, 0.1) is 11.8 Å². The van der Waals surface area contributed by atoms with E-state index in [1.165, 1.54) is 6.20 Å². The van der Waals surface area contributed by atoms with Gasteiger partial charge in [-0.25, -0.2) is 0 Å². The zero-order valence-corrected chi connectivity index (χ0v) is 12.3. The molecule has 1 aromatic rings. The molecule has 1 heterocycles. The van der Waals surface area contributed by atoms with E-state index in [9.17, 15) is 9.59 Å². The fraction of sp³-hybridized carbons (Fsp3) is 0.643. The molecule has 1 rings (SSSR count). The summed E-state index contributed by atoms with van der Waals surface area (Å²) in [6.45, 7) is 6.87. The van der Waals surface area contributed by atoms with Gasteiger partial charge in [-0.3, -0.25) is 14.3 Å². The molecule has 1 unspecified atom stereocenters. The number of hydrogen-bond acceptors (Lipinski definition) is 3. The smallest absolute Gasteiger partial charge is 0.308 e. The van der Waals surface area contributed by atoms with E-state index in [-0.39, 0.29) is 18.4 Å². The summed E-state index contributed by atoms with van der Waals surface area (Å²) < 4.78 is 1.71. The average molecular weight is 281 g/mol. The average Bonchev–Trinajstić information content (AvgIpc) is 2.82. The Morgan fingerprint density at radius 1 is 1.45 bits per heavy atom. The third-order valence-corrected chi connectivity index (χ3v) is 2.96. The van der Waals surface area contributed by atoms with Crippen molar-refractivity contribution < 1.29 is 14.7 Å². The number of rotatable bonds is 8. The normalized spacial score (nSPS) is 12.4. The Labute approximate surface area is 119 Å². The number of carboxylic acids is 1. The maximum Gasteiger partial charge on any atom is 0.308 e. The first kappa shape index (κ1) is 16.2. The van der Waals surface area contributed by atoms with Crippen molar-refractivity contribution in [1.29, 1.82) is 0 Å². The molecule has 1 atom stereocenters.